The number of hydrogen-bond acceptors (Lipinski definition) is 4. The Morgan fingerprint density at radius 1 is 1.29 bits per heavy atom. The third-order valence-electron chi connectivity index (χ3n) is 3.31. The third kappa shape index (κ3) is 4.55. The first-order valence-electron chi connectivity index (χ1n) is 7.38. The molecule has 4 heteroatoms. The van der Waals surface area contributed by atoms with E-state index in [1.54, 1.807) is 18.4 Å². The summed E-state index contributed by atoms with van der Waals surface area (Å²) in [5, 5.41) is 4.64. The highest BCUT2D eigenvalue weighted by atomic mass is 32.1. The van der Waals surface area contributed by atoms with E-state index in [-0.39, 0.29) is 0 Å². The lowest BCUT2D eigenvalue weighted by molar-refractivity contribution is 0.410. The average Bonchev–Trinajstić information content (AvgIpc) is 2.79. The van der Waals surface area contributed by atoms with Crippen molar-refractivity contribution in [2.24, 2.45) is 5.92 Å². The highest BCUT2D eigenvalue weighted by molar-refractivity contribution is 7.11. The molecular weight excluding hydrogens is 280 g/mol. The predicted octanol–water partition coefficient (Wildman–Crippen LogP) is 3.80. The molecule has 114 valence electrons. The van der Waals surface area contributed by atoms with Crippen molar-refractivity contribution in [3.63, 3.8) is 0 Å². The Bertz CT molecular complexity index is 578. The van der Waals surface area contributed by atoms with Crippen molar-refractivity contribution in [2.45, 2.75) is 33.7 Å². The number of nitrogens with zero attached hydrogens (tertiary/aromatic N) is 1. The Labute approximate surface area is 131 Å². The van der Waals surface area contributed by atoms with Gasteiger partial charge in [0.1, 0.15) is 5.75 Å². The number of benzene rings is 1. The van der Waals surface area contributed by atoms with Gasteiger partial charge in [0, 0.05) is 23.4 Å². The van der Waals surface area contributed by atoms with Crippen molar-refractivity contribution in [1.29, 1.82) is 0 Å². The summed E-state index contributed by atoms with van der Waals surface area (Å²) in [6.45, 7) is 8.49. The summed E-state index contributed by atoms with van der Waals surface area (Å²) in [6.07, 6.45) is 0.833. The fourth-order valence-corrected chi connectivity index (χ4v) is 3.28. The highest BCUT2D eigenvalue weighted by Gasteiger charge is 2.10. The van der Waals surface area contributed by atoms with Crippen LogP contribution in [0.25, 0.3) is 0 Å². The van der Waals surface area contributed by atoms with Crippen molar-refractivity contribution in [1.82, 2.24) is 10.3 Å². The van der Waals surface area contributed by atoms with Gasteiger partial charge in [-0.1, -0.05) is 32.0 Å². The lowest BCUT2D eigenvalue weighted by atomic mass is 10.1. The van der Waals surface area contributed by atoms with E-state index < -0.39 is 0 Å². The zero-order valence-corrected chi connectivity index (χ0v) is 14.1. The van der Waals surface area contributed by atoms with Gasteiger partial charge in [-0.15, -0.1) is 11.3 Å². The van der Waals surface area contributed by atoms with Gasteiger partial charge in [0.2, 0.25) is 0 Å². The van der Waals surface area contributed by atoms with Crippen molar-refractivity contribution < 1.29 is 4.74 Å². The Morgan fingerprint density at radius 2 is 2.05 bits per heavy atom. The fraction of sp³-hybridized carbons (Fsp3) is 0.471. The van der Waals surface area contributed by atoms with E-state index in [0.29, 0.717) is 5.92 Å². The van der Waals surface area contributed by atoms with Crippen LogP contribution in [0.5, 0.6) is 5.75 Å². The molecule has 0 unspecified atom stereocenters. The van der Waals surface area contributed by atoms with Crippen LogP contribution in [0.4, 0.5) is 0 Å². The second-order valence-electron chi connectivity index (χ2n) is 5.63. The maximum Gasteiger partial charge on any atom is 0.122 e. The molecule has 0 fully saturated rings. The molecule has 1 heterocycles. The van der Waals surface area contributed by atoms with Crippen LogP contribution in [0.1, 0.15) is 35.0 Å². The predicted molar refractivity (Wildman–Crippen MR) is 89.2 cm³/mol. The maximum absolute atomic E-state index is 5.41. The SMILES string of the molecule is COc1ccccc1Cc1nc(C)c(CNCC(C)C)s1. The zero-order chi connectivity index (χ0) is 15.2. The summed E-state index contributed by atoms with van der Waals surface area (Å²) in [5.41, 5.74) is 2.33. The third-order valence-corrected chi connectivity index (χ3v) is 4.47. The van der Waals surface area contributed by atoms with E-state index in [4.69, 9.17) is 9.72 Å². The number of para-hydroxylation sites is 1. The highest BCUT2D eigenvalue weighted by Crippen LogP contribution is 2.25. The first-order valence-corrected chi connectivity index (χ1v) is 8.19. The monoisotopic (exact) mass is 304 g/mol. The van der Waals surface area contributed by atoms with E-state index >= 15 is 0 Å². The van der Waals surface area contributed by atoms with Crippen LogP contribution in [0, 0.1) is 12.8 Å². The van der Waals surface area contributed by atoms with Gasteiger partial charge >= 0.3 is 0 Å². The van der Waals surface area contributed by atoms with Gasteiger partial charge in [-0.3, -0.25) is 0 Å². The number of aromatic nitrogens is 1. The first kappa shape index (κ1) is 16.0. The Balaban J connectivity index is 2.04. The number of hydrogen-bond donors (Lipinski definition) is 1. The minimum atomic E-state index is 0.672. The van der Waals surface area contributed by atoms with Crippen LogP contribution < -0.4 is 10.1 Å². The van der Waals surface area contributed by atoms with E-state index in [1.165, 1.54) is 10.4 Å². The van der Waals surface area contributed by atoms with Gasteiger partial charge in [-0.2, -0.15) is 0 Å². The van der Waals surface area contributed by atoms with Crippen LogP contribution in [0.2, 0.25) is 0 Å². The quantitative estimate of drug-likeness (QED) is 0.845. The first-order chi connectivity index (χ1) is 10.1. The summed E-state index contributed by atoms with van der Waals surface area (Å²) in [7, 11) is 1.72. The molecule has 0 aliphatic rings. The van der Waals surface area contributed by atoms with Crippen LogP contribution in [-0.2, 0) is 13.0 Å². The summed E-state index contributed by atoms with van der Waals surface area (Å²) >= 11 is 1.80. The van der Waals surface area contributed by atoms with E-state index in [0.717, 1.165) is 36.0 Å². The molecule has 0 saturated carbocycles. The molecule has 1 aromatic carbocycles. The second kappa shape index (κ2) is 7.57. The van der Waals surface area contributed by atoms with Gasteiger partial charge < -0.3 is 10.1 Å². The van der Waals surface area contributed by atoms with Crippen molar-refractivity contribution in [3.05, 3.63) is 45.4 Å². The van der Waals surface area contributed by atoms with Gasteiger partial charge in [-0.05, 0) is 25.5 Å². The molecule has 0 saturated heterocycles. The Kier molecular flexibility index (Phi) is 5.76. The number of nitrogens with one attached hydrogen (secondary N) is 1. The lowest BCUT2D eigenvalue weighted by Crippen LogP contribution is -2.18. The molecule has 1 aromatic heterocycles. The molecule has 0 spiro atoms. The molecule has 0 aliphatic carbocycles. The molecule has 0 radical (unpaired) electrons. The molecule has 0 atom stereocenters. The largest absolute Gasteiger partial charge is 0.496 e. The van der Waals surface area contributed by atoms with E-state index in [2.05, 4.69) is 32.2 Å². The molecule has 0 bridgehead atoms. The average molecular weight is 304 g/mol. The molecule has 2 aromatic rings. The minimum absolute atomic E-state index is 0.672. The van der Waals surface area contributed by atoms with Crippen LogP contribution in [0.3, 0.4) is 0 Å². The standard InChI is InChI=1S/C17H24N2OS/c1-12(2)10-18-11-16-13(3)19-17(21-16)9-14-7-5-6-8-15(14)20-4/h5-8,12,18H,9-11H2,1-4H3. The molecular formula is C17H24N2OS. The van der Waals surface area contributed by atoms with Gasteiger partial charge in [0.15, 0.2) is 0 Å². The van der Waals surface area contributed by atoms with Crippen molar-refractivity contribution in [3.8, 4) is 5.75 Å². The Hall–Kier alpha value is -1.39. The molecule has 3 nitrogen and oxygen atoms in total. The van der Waals surface area contributed by atoms with Crippen molar-refractivity contribution >= 4 is 11.3 Å². The molecule has 0 aliphatic heterocycles. The molecule has 21 heavy (non-hydrogen) atoms. The van der Waals surface area contributed by atoms with E-state index in [9.17, 15) is 0 Å². The van der Waals surface area contributed by atoms with Gasteiger partial charge in [0.25, 0.3) is 0 Å². The number of thiazole rings is 1. The normalized spacial score (nSPS) is 11.1. The number of ether oxygens (including phenoxy) is 1. The summed E-state index contributed by atoms with van der Waals surface area (Å²) in [6, 6.07) is 8.15. The zero-order valence-electron chi connectivity index (χ0n) is 13.3. The number of rotatable bonds is 7. The second-order valence-corrected chi connectivity index (χ2v) is 6.80. The molecule has 1 N–H and O–H groups in total. The lowest BCUT2D eigenvalue weighted by Gasteiger charge is -2.06. The molecule has 0 amide bonds. The van der Waals surface area contributed by atoms with Gasteiger partial charge in [0.05, 0.1) is 17.8 Å². The van der Waals surface area contributed by atoms with Crippen molar-refractivity contribution in [2.75, 3.05) is 13.7 Å². The van der Waals surface area contributed by atoms with E-state index in [1.807, 2.05) is 18.2 Å². The summed E-state index contributed by atoms with van der Waals surface area (Å²) < 4.78 is 5.41. The topological polar surface area (TPSA) is 34.1 Å². The summed E-state index contributed by atoms with van der Waals surface area (Å²) in [5.74, 6) is 1.61. The minimum Gasteiger partial charge on any atom is -0.496 e. The molecule has 2 rings (SSSR count). The van der Waals surface area contributed by atoms with Crippen LogP contribution in [0.15, 0.2) is 24.3 Å². The van der Waals surface area contributed by atoms with Crippen LogP contribution >= 0.6 is 11.3 Å². The maximum atomic E-state index is 5.41. The van der Waals surface area contributed by atoms with Crippen LogP contribution in [-0.4, -0.2) is 18.6 Å². The fourth-order valence-electron chi connectivity index (χ4n) is 2.21. The Morgan fingerprint density at radius 3 is 2.76 bits per heavy atom. The van der Waals surface area contributed by atoms with Gasteiger partial charge in [-0.25, -0.2) is 4.98 Å². The smallest absolute Gasteiger partial charge is 0.122 e. The number of aryl methyl sites for hydroxylation is 1. The summed E-state index contributed by atoms with van der Waals surface area (Å²) in [4.78, 5) is 6.04. The number of methoxy groups -OCH3 is 1.